The second-order valence-electron chi connectivity index (χ2n) is 8.52. The number of methoxy groups -OCH3 is 2. The standard InChI is InChI=1S/C27H32N2O5S/c1-18-8-12-23(13-9-18)35(31,32)29(24-15-19(2)7-10-20(24)3)17-27(30)28-21(4)22-11-14-25(33-5)26(16-22)34-6/h7-16,21H,17H2,1-6H3,(H,28,30). The van der Waals surface area contributed by atoms with Crippen LogP contribution in [0.4, 0.5) is 5.69 Å². The lowest BCUT2D eigenvalue weighted by Crippen LogP contribution is -2.42. The average Bonchev–Trinajstić information content (AvgIpc) is 2.83. The Hall–Kier alpha value is -3.52. The highest BCUT2D eigenvalue weighted by Gasteiger charge is 2.29. The van der Waals surface area contributed by atoms with Crippen molar-refractivity contribution in [3.05, 3.63) is 82.9 Å². The van der Waals surface area contributed by atoms with Gasteiger partial charge in [-0.1, -0.05) is 35.9 Å². The lowest BCUT2D eigenvalue weighted by atomic mass is 10.1. The minimum Gasteiger partial charge on any atom is -0.493 e. The summed E-state index contributed by atoms with van der Waals surface area (Å²) >= 11 is 0. The van der Waals surface area contributed by atoms with Gasteiger partial charge in [0.25, 0.3) is 10.0 Å². The molecule has 0 aromatic heterocycles. The van der Waals surface area contributed by atoms with E-state index in [1.807, 2.05) is 45.9 Å². The second kappa shape index (κ2) is 10.8. The molecule has 3 aromatic carbocycles. The molecule has 0 fully saturated rings. The molecule has 8 heteroatoms. The molecule has 0 radical (unpaired) electrons. The Morgan fingerprint density at radius 3 is 2.14 bits per heavy atom. The molecule has 0 aliphatic rings. The largest absolute Gasteiger partial charge is 0.493 e. The monoisotopic (exact) mass is 496 g/mol. The quantitative estimate of drug-likeness (QED) is 0.464. The molecule has 1 N–H and O–H groups in total. The summed E-state index contributed by atoms with van der Waals surface area (Å²) in [6, 6.07) is 17.2. The predicted octanol–water partition coefficient (Wildman–Crippen LogP) is 4.70. The van der Waals surface area contributed by atoms with Gasteiger partial charge in [-0.2, -0.15) is 0 Å². The number of hydrogen-bond donors (Lipinski definition) is 1. The van der Waals surface area contributed by atoms with Crippen LogP contribution in [0.15, 0.2) is 65.6 Å². The number of carbonyl (C=O) groups excluding carboxylic acids is 1. The summed E-state index contributed by atoms with van der Waals surface area (Å²) in [6.07, 6.45) is 0. The zero-order valence-electron chi connectivity index (χ0n) is 21.0. The Morgan fingerprint density at radius 2 is 1.51 bits per heavy atom. The van der Waals surface area contributed by atoms with Crippen LogP contribution in [0.1, 0.15) is 35.2 Å². The van der Waals surface area contributed by atoms with Crippen molar-refractivity contribution in [1.82, 2.24) is 5.32 Å². The van der Waals surface area contributed by atoms with E-state index in [1.165, 1.54) is 4.31 Å². The summed E-state index contributed by atoms with van der Waals surface area (Å²) < 4.78 is 39.1. The van der Waals surface area contributed by atoms with Crippen LogP contribution in [0.25, 0.3) is 0 Å². The Labute approximate surface area is 207 Å². The Balaban J connectivity index is 1.92. The number of nitrogens with one attached hydrogen (secondary N) is 1. The van der Waals surface area contributed by atoms with Gasteiger partial charge in [0.2, 0.25) is 5.91 Å². The first-order valence-corrected chi connectivity index (χ1v) is 12.7. The molecule has 1 atom stereocenters. The fourth-order valence-corrected chi connectivity index (χ4v) is 5.23. The van der Waals surface area contributed by atoms with Gasteiger partial charge in [0.1, 0.15) is 6.54 Å². The van der Waals surface area contributed by atoms with Crippen molar-refractivity contribution in [2.24, 2.45) is 0 Å². The van der Waals surface area contributed by atoms with Crippen LogP contribution in [0.3, 0.4) is 0 Å². The fraction of sp³-hybridized carbons (Fsp3) is 0.296. The van der Waals surface area contributed by atoms with Gasteiger partial charge in [-0.25, -0.2) is 8.42 Å². The van der Waals surface area contributed by atoms with Crippen molar-refractivity contribution in [2.75, 3.05) is 25.1 Å². The normalized spacial score (nSPS) is 12.1. The molecular formula is C27H32N2O5S. The number of benzene rings is 3. The van der Waals surface area contributed by atoms with Gasteiger partial charge >= 0.3 is 0 Å². The van der Waals surface area contributed by atoms with Crippen LogP contribution in [0.5, 0.6) is 11.5 Å². The Kier molecular flexibility index (Phi) is 8.07. The van der Waals surface area contributed by atoms with E-state index in [2.05, 4.69) is 5.32 Å². The maximum atomic E-state index is 13.7. The summed E-state index contributed by atoms with van der Waals surface area (Å²) in [5.41, 5.74) is 3.87. The SMILES string of the molecule is COc1ccc(C(C)NC(=O)CN(c2cc(C)ccc2C)S(=O)(=O)c2ccc(C)cc2)cc1OC. The molecule has 186 valence electrons. The van der Waals surface area contributed by atoms with Gasteiger partial charge in [-0.15, -0.1) is 0 Å². The maximum absolute atomic E-state index is 13.7. The lowest BCUT2D eigenvalue weighted by molar-refractivity contribution is -0.120. The van der Waals surface area contributed by atoms with Crippen LogP contribution in [0, 0.1) is 20.8 Å². The number of aryl methyl sites for hydroxylation is 3. The van der Waals surface area contributed by atoms with Gasteiger partial charge < -0.3 is 14.8 Å². The molecule has 0 aliphatic carbocycles. The van der Waals surface area contributed by atoms with Crippen molar-refractivity contribution in [1.29, 1.82) is 0 Å². The topological polar surface area (TPSA) is 84.9 Å². The highest BCUT2D eigenvalue weighted by Crippen LogP contribution is 2.31. The van der Waals surface area contributed by atoms with Gasteiger partial charge in [0, 0.05) is 0 Å². The Morgan fingerprint density at radius 1 is 0.886 bits per heavy atom. The fourth-order valence-electron chi connectivity index (χ4n) is 3.75. The molecular weight excluding hydrogens is 464 g/mol. The van der Waals surface area contributed by atoms with Gasteiger partial charge in [0.15, 0.2) is 11.5 Å². The van der Waals surface area contributed by atoms with E-state index in [-0.39, 0.29) is 17.5 Å². The minimum absolute atomic E-state index is 0.129. The molecule has 3 aromatic rings. The van der Waals surface area contributed by atoms with Crippen molar-refractivity contribution < 1.29 is 22.7 Å². The average molecular weight is 497 g/mol. The minimum atomic E-state index is -3.99. The molecule has 35 heavy (non-hydrogen) atoms. The first-order chi connectivity index (χ1) is 16.6. The van der Waals surface area contributed by atoms with Crippen LogP contribution < -0.4 is 19.1 Å². The van der Waals surface area contributed by atoms with E-state index in [0.29, 0.717) is 17.2 Å². The number of amides is 1. The van der Waals surface area contributed by atoms with E-state index < -0.39 is 15.9 Å². The first kappa shape index (κ1) is 26.1. The van der Waals surface area contributed by atoms with E-state index >= 15 is 0 Å². The number of hydrogen-bond acceptors (Lipinski definition) is 5. The van der Waals surface area contributed by atoms with Crippen LogP contribution in [-0.4, -0.2) is 35.1 Å². The highest BCUT2D eigenvalue weighted by molar-refractivity contribution is 7.92. The number of carbonyl (C=O) groups is 1. The molecule has 0 aliphatic heterocycles. The second-order valence-corrected chi connectivity index (χ2v) is 10.4. The van der Waals surface area contributed by atoms with E-state index in [1.54, 1.807) is 56.7 Å². The summed E-state index contributed by atoms with van der Waals surface area (Å²) in [7, 11) is -0.890. The number of nitrogens with zero attached hydrogens (tertiary/aromatic N) is 1. The molecule has 0 bridgehead atoms. The van der Waals surface area contributed by atoms with Crippen molar-refractivity contribution in [3.8, 4) is 11.5 Å². The van der Waals surface area contributed by atoms with Crippen LogP contribution >= 0.6 is 0 Å². The third-order valence-corrected chi connectivity index (χ3v) is 7.59. The molecule has 1 amide bonds. The molecule has 0 spiro atoms. The van der Waals surface area contributed by atoms with E-state index in [0.717, 1.165) is 22.3 Å². The van der Waals surface area contributed by atoms with Gasteiger partial charge in [0.05, 0.1) is 30.8 Å². The number of anilines is 1. The maximum Gasteiger partial charge on any atom is 0.264 e. The van der Waals surface area contributed by atoms with Crippen molar-refractivity contribution >= 4 is 21.6 Å². The third kappa shape index (κ3) is 5.95. The molecule has 0 saturated carbocycles. The van der Waals surface area contributed by atoms with Gasteiger partial charge in [-0.3, -0.25) is 9.10 Å². The van der Waals surface area contributed by atoms with Crippen molar-refractivity contribution in [2.45, 2.75) is 38.6 Å². The summed E-state index contributed by atoms with van der Waals surface area (Å²) in [4.78, 5) is 13.3. The summed E-state index contributed by atoms with van der Waals surface area (Å²) in [5, 5.41) is 2.91. The lowest BCUT2D eigenvalue weighted by Gasteiger charge is -2.27. The van der Waals surface area contributed by atoms with Crippen molar-refractivity contribution in [3.63, 3.8) is 0 Å². The summed E-state index contributed by atoms with van der Waals surface area (Å²) in [5.74, 6) is 0.703. The highest BCUT2D eigenvalue weighted by atomic mass is 32.2. The van der Waals surface area contributed by atoms with Crippen LogP contribution in [-0.2, 0) is 14.8 Å². The molecule has 1 unspecified atom stereocenters. The smallest absolute Gasteiger partial charge is 0.264 e. The van der Waals surface area contributed by atoms with E-state index in [4.69, 9.17) is 9.47 Å². The predicted molar refractivity (Wildman–Crippen MR) is 138 cm³/mol. The molecule has 3 rings (SSSR count). The molecule has 0 heterocycles. The molecule has 0 saturated heterocycles. The van der Waals surface area contributed by atoms with Crippen LogP contribution in [0.2, 0.25) is 0 Å². The first-order valence-electron chi connectivity index (χ1n) is 11.2. The Bertz CT molecular complexity index is 1300. The zero-order valence-corrected chi connectivity index (χ0v) is 21.8. The van der Waals surface area contributed by atoms with E-state index in [9.17, 15) is 13.2 Å². The zero-order chi connectivity index (χ0) is 25.8. The number of sulfonamides is 1. The number of rotatable bonds is 9. The summed E-state index contributed by atoms with van der Waals surface area (Å²) in [6.45, 7) is 7.07. The number of ether oxygens (including phenoxy) is 2. The third-order valence-electron chi connectivity index (χ3n) is 5.81. The molecule has 7 nitrogen and oxygen atoms in total. The van der Waals surface area contributed by atoms with Gasteiger partial charge in [-0.05, 0) is 74.7 Å².